The van der Waals surface area contributed by atoms with Crippen LogP contribution in [0.2, 0.25) is 0 Å². The first-order valence-corrected chi connectivity index (χ1v) is 10.7. The summed E-state index contributed by atoms with van der Waals surface area (Å²) in [5, 5.41) is 14.6. The first-order valence-electron chi connectivity index (χ1n) is 10.7. The van der Waals surface area contributed by atoms with Crippen molar-refractivity contribution in [1.82, 2.24) is 14.7 Å². The highest BCUT2D eigenvalue weighted by atomic mass is 19.4. The Bertz CT molecular complexity index is 1320. The molecule has 10 heteroatoms. The number of halogens is 4. The van der Waals surface area contributed by atoms with Crippen LogP contribution in [0.25, 0.3) is 0 Å². The number of aromatic hydroxyl groups is 1. The standard InChI is InChI=1S/C24H19F4N3O3/c25-16-8-6-13(7-9-16)19(14-3-1-4-15(11-14)24(26,27)28)20-17-5-2-10-30(17)23(34)21-22(33)18(32)12-29-31(20)21/h1,3-4,6-9,11-12,17,19-20,33H,2,5,10H2/t17-,19+,20-/m1/s1. The summed E-state index contributed by atoms with van der Waals surface area (Å²) in [5.41, 5.74) is -1.16. The zero-order chi connectivity index (χ0) is 24.2. The lowest BCUT2D eigenvalue weighted by molar-refractivity contribution is -0.137. The van der Waals surface area contributed by atoms with Gasteiger partial charge in [0, 0.05) is 12.5 Å². The Balaban J connectivity index is 1.77. The van der Waals surface area contributed by atoms with Crippen molar-refractivity contribution < 1.29 is 27.5 Å². The van der Waals surface area contributed by atoms with E-state index in [0.29, 0.717) is 30.5 Å². The van der Waals surface area contributed by atoms with E-state index in [0.717, 1.165) is 18.3 Å². The monoisotopic (exact) mass is 473 g/mol. The van der Waals surface area contributed by atoms with E-state index >= 15 is 0 Å². The SMILES string of the molecule is O=C1c2c(O)c(=O)cnn2[C@@H]([C@@H](c2ccc(F)cc2)c2cccc(C(F)(F)F)c2)[C@H]2CCCN12. The van der Waals surface area contributed by atoms with Crippen molar-refractivity contribution >= 4 is 5.91 Å². The highest BCUT2D eigenvalue weighted by molar-refractivity contribution is 5.96. The minimum Gasteiger partial charge on any atom is -0.502 e. The molecule has 1 aromatic heterocycles. The molecule has 176 valence electrons. The molecule has 3 aromatic rings. The molecule has 0 radical (unpaired) electrons. The summed E-state index contributed by atoms with van der Waals surface area (Å²) in [6.07, 6.45) is -2.49. The number of nitrogens with zero attached hydrogens (tertiary/aromatic N) is 3. The number of alkyl halides is 3. The summed E-state index contributed by atoms with van der Waals surface area (Å²) in [4.78, 5) is 26.7. The van der Waals surface area contributed by atoms with Gasteiger partial charge in [-0.1, -0.05) is 30.3 Å². The molecule has 3 atom stereocenters. The summed E-state index contributed by atoms with van der Waals surface area (Å²) in [6.45, 7) is 0.376. The minimum atomic E-state index is -4.58. The third kappa shape index (κ3) is 3.53. The average molecular weight is 473 g/mol. The summed E-state index contributed by atoms with van der Waals surface area (Å²) in [5.74, 6) is -2.59. The smallest absolute Gasteiger partial charge is 0.416 e. The van der Waals surface area contributed by atoms with Gasteiger partial charge < -0.3 is 10.0 Å². The Kier molecular flexibility index (Phi) is 5.18. The Morgan fingerprint density at radius 3 is 2.50 bits per heavy atom. The number of benzene rings is 2. The van der Waals surface area contributed by atoms with Crippen LogP contribution in [0.1, 0.15) is 52.0 Å². The van der Waals surface area contributed by atoms with Gasteiger partial charge in [-0.3, -0.25) is 14.3 Å². The van der Waals surface area contributed by atoms with Crippen LogP contribution in [-0.4, -0.2) is 38.3 Å². The van der Waals surface area contributed by atoms with Crippen LogP contribution in [-0.2, 0) is 6.18 Å². The molecule has 34 heavy (non-hydrogen) atoms. The molecule has 0 saturated carbocycles. The Hall–Kier alpha value is -3.69. The lowest BCUT2D eigenvalue weighted by atomic mass is 9.79. The molecule has 2 aliphatic rings. The predicted molar refractivity (Wildman–Crippen MR) is 113 cm³/mol. The van der Waals surface area contributed by atoms with Crippen LogP contribution in [0.3, 0.4) is 0 Å². The van der Waals surface area contributed by atoms with Crippen molar-refractivity contribution in [2.45, 2.75) is 37.0 Å². The number of amides is 1. The quantitative estimate of drug-likeness (QED) is 0.582. The number of hydrogen-bond donors (Lipinski definition) is 1. The van der Waals surface area contributed by atoms with Gasteiger partial charge in [0.05, 0.1) is 23.8 Å². The maximum Gasteiger partial charge on any atom is 0.416 e. The maximum atomic E-state index is 13.7. The number of rotatable bonds is 3. The zero-order valence-corrected chi connectivity index (χ0v) is 17.7. The van der Waals surface area contributed by atoms with Crippen molar-refractivity contribution in [3.8, 4) is 5.75 Å². The van der Waals surface area contributed by atoms with Crippen LogP contribution in [0.4, 0.5) is 17.6 Å². The predicted octanol–water partition coefficient (Wildman–Crippen LogP) is 4.10. The molecule has 1 saturated heterocycles. The van der Waals surface area contributed by atoms with Crippen molar-refractivity contribution in [2.24, 2.45) is 0 Å². The number of fused-ring (bicyclic) bond motifs is 2. The largest absolute Gasteiger partial charge is 0.502 e. The molecule has 0 spiro atoms. The van der Waals surface area contributed by atoms with Crippen molar-refractivity contribution in [1.29, 1.82) is 0 Å². The molecule has 0 bridgehead atoms. The number of aromatic nitrogens is 2. The summed E-state index contributed by atoms with van der Waals surface area (Å²) in [7, 11) is 0. The molecular formula is C24H19F4N3O3. The fourth-order valence-corrected chi connectivity index (χ4v) is 5.11. The molecule has 3 heterocycles. The third-order valence-electron chi connectivity index (χ3n) is 6.57. The molecule has 0 unspecified atom stereocenters. The highest BCUT2D eigenvalue weighted by Gasteiger charge is 2.48. The normalized spacial score (nSPS) is 20.7. The fourth-order valence-electron chi connectivity index (χ4n) is 5.11. The molecule has 5 rings (SSSR count). The third-order valence-corrected chi connectivity index (χ3v) is 6.57. The van der Waals surface area contributed by atoms with Gasteiger partial charge in [0.2, 0.25) is 5.43 Å². The van der Waals surface area contributed by atoms with Crippen LogP contribution in [0, 0.1) is 5.82 Å². The van der Waals surface area contributed by atoms with Gasteiger partial charge >= 0.3 is 6.18 Å². The van der Waals surface area contributed by atoms with Gasteiger partial charge in [-0.15, -0.1) is 0 Å². The van der Waals surface area contributed by atoms with Crippen LogP contribution in [0.5, 0.6) is 5.75 Å². The maximum absolute atomic E-state index is 13.7. The van der Waals surface area contributed by atoms with E-state index in [1.54, 1.807) is 6.07 Å². The molecule has 1 N–H and O–H groups in total. The lowest BCUT2D eigenvalue weighted by Gasteiger charge is -2.42. The second-order valence-corrected chi connectivity index (χ2v) is 8.50. The zero-order valence-electron chi connectivity index (χ0n) is 17.7. The van der Waals surface area contributed by atoms with E-state index in [9.17, 15) is 32.3 Å². The Labute approximate surface area is 191 Å². The van der Waals surface area contributed by atoms with Gasteiger partial charge in [0.15, 0.2) is 11.4 Å². The molecule has 1 fully saturated rings. The van der Waals surface area contributed by atoms with Crippen molar-refractivity contribution in [2.75, 3.05) is 6.54 Å². The summed E-state index contributed by atoms with van der Waals surface area (Å²) >= 11 is 0. The van der Waals surface area contributed by atoms with E-state index in [2.05, 4.69) is 5.10 Å². The van der Waals surface area contributed by atoms with Gasteiger partial charge in [-0.25, -0.2) is 4.39 Å². The topological polar surface area (TPSA) is 75.4 Å². The van der Waals surface area contributed by atoms with Gasteiger partial charge in [-0.05, 0) is 42.2 Å². The first-order chi connectivity index (χ1) is 16.2. The lowest BCUT2D eigenvalue weighted by Crippen LogP contribution is -2.50. The number of carbonyl (C=O) groups excluding carboxylic acids is 1. The van der Waals surface area contributed by atoms with Crippen LogP contribution < -0.4 is 5.43 Å². The van der Waals surface area contributed by atoms with Crippen LogP contribution in [0.15, 0.2) is 59.5 Å². The van der Waals surface area contributed by atoms with Gasteiger partial charge in [0.1, 0.15) is 5.82 Å². The molecule has 6 nitrogen and oxygen atoms in total. The van der Waals surface area contributed by atoms with E-state index in [4.69, 9.17) is 0 Å². The Morgan fingerprint density at radius 2 is 1.79 bits per heavy atom. The molecule has 2 aliphatic heterocycles. The van der Waals surface area contributed by atoms with Crippen LogP contribution >= 0.6 is 0 Å². The second-order valence-electron chi connectivity index (χ2n) is 8.50. The second kappa shape index (κ2) is 7.96. The minimum absolute atomic E-state index is 0.290. The Morgan fingerprint density at radius 1 is 1.06 bits per heavy atom. The number of hydrogen-bond acceptors (Lipinski definition) is 4. The molecule has 2 aromatic carbocycles. The van der Waals surface area contributed by atoms with E-state index in [1.807, 2.05) is 0 Å². The average Bonchev–Trinajstić information content (AvgIpc) is 3.29. The highest BCUT2D eigenvalue weighted by Crippen LogP contribution is 2.46. The molecular weight excluding hydrogens is 454 g/mol. The summed E-state index contributed by atoms with van der Waals surface area (Å²) < 4.78 is 55.6. The first kappa shape index (κ1) is 22.1. The number of carbonyl (C=O) groups is 1. The van der Waals surface area contributed by atoms with E-state index in [1.165, 1.54) is 39.9 Å². The van der Waals surface area contributed by atoms with Gasteiger partial charge in [-0.2, -0.15) is 18.3 Å². The van der Waals surface area contributed by atoms with E-state index < -0.39 is 52.6 Å². The van der Waals surface area contributed by atoms with E-state index in [-0.39, 0.29) is 5.69 Å². The summed E-state index contributed by atoms with van der Waals surface area (Å²) in [6, 6.07) is 9.05. The molecule has 0 aliphatic carbocycles. The molecule has 1 amide bonds. The van der Waals surface area contributed by atoms with Crippen molar-refractivity contribution in [3.63, 3.8) is 0 Å². The van der Waals surface area contributed by atoms with Crippen molar-refractivity contribution in [3.05, 3.63) is 93.2 Å². The van der Waals surface area contributed by atoms with Gasteiger partial charge in [0.25, 0.3) is 5.91 Å². The fraction of sp³-hybridized carbons (Fsp3) is 0.292.